The normalized spacial score (nSPS) is 12.7. The smallest absolute Gasteiger partial charge is 0.206 e. The van der Waals surface area contributed by atoms with Crippen LogP contribution < -0.4 is 5.48 Å². The largest absolute Gasteiger partial charge is 0.223 e. The molecule has 1 N–H and O–H groups in total. The first kappa shape index (κ1) is 12.6. The van der Waals surface area contributed by atoms with Gasteiger partial charge in [0, 0.05) is 11.6 Å². The lowest BCUT2D eigenvalue weighted by atomic mass is 10.3. The van der Waals surface area contributed by atoms with Crippen molar-refractivity contribution >= 4 is 22.7 Å². The molecular formula is C10H14ClNO2S. The molecule has 0 fully saturated rings. The molecule has 0 bridgehead atoms. The molecule has 0 spiro atoms. The number of hydrogen-bond acceptors (Lipinski definition) is 3. The second kappa shape index (κ2) is 6.95. The van der Waals surface area contributed by atoms with Gasteiger partial charge in [-0.15, -0.1) is 0 Å². The van der Waals surface area contributed by atoms with Gasteiger partial charge in [-0.1, -0.05) is 24.9 Å². The van der Waals surface area contributed by atoms with Gasteiger partial charge < -0.3 is 0 Å². The quantitative estimate of drug-likeness (QED) is 0.621. The first-order chi connectivity index (χ1) is 7.24. The summed E-state index contributed by atoms with van der Waals surface area (Å²) in [4.78, 5) is 0.600. The van der Waals surface area contributed by atoms with Crippen LogP contribution in [-0.4, -0.2) is 10.8 Å². The van der Waals surface area contributed by atoms with Crippen molar-refractivity contribution in [3.8, 4) is 0 Å². The maximum absolute atomic E-state index is 11.5. The van der Waals surface area contributed by atoms with Gasteiger partial charge in [-0.2, -0.15) is 9.76 Å². The SMILES string of the molecule is CCCCNOS(=O)c1ccc(Cl)cc1. The summed E-state index contributed by atoms with van der Waals surface area (Å²) in [6.07, 6.45) is 2.07. The number of hydrogen-bond donors (Lipinski definition) is 1. The summed E-state index contributed by atoms with van der Waals surface area (Å²) in [6, 6.07) is 6.73. The fraction of sp³-hybridized carbons (Fsp3) is 0.400. The van der Waals surface area contributed by atoms with Gasteiger partial charge in [-0.3, -0.25) is 0 Å². The number of halogens is 1. The van der Waals surface area contributed by atoms with Crippen LogP contribution in [0.25, 0.3) is 0 Å². The lowest BCUT2D eigenvalue weighted by Gasteiger charge is -2.03. The molecule has 3 nitrogen and oxygen atoms in total. The number of hydroxylamine groups is 1. The predicted octanol–water partition coefficient (Wildman–Crippen LogP) is 2.68. The average molecular weight is 248 g/mol. The van der Waals surface area contributed by atoms with Gasteiger partial charge in [0.1, 0.15) is 0 Å². The molecule has 0 radical (unpaired) electrons. The summed E-state index contributed by atoms with van der Waals surface area (Å²) < 4.78 is 16.5. The van der Waals surface area contributed by atoms with E-state index in [9.17, 15) is 4.21 Å². The van der Waals surface area contributed by atoms with E-state index in [1.165, 1.54) is 0 Å². The third-order valence-corrected chi connectivity index (χ3v) is 2.95. The van der Waals surface area contributed by atoms with Crippen molar-refractivity contribution in [2.45, 2.75) is 24.7 Å². The van der Waals surface area contributed by atoms with Crippen LogP contribution in [0.3, 0.4) is 0 Å². The second-order valence-corrected chi connectivity index (χ2v) is 4.56. The highest BCUT2D eigenvalue weighted by molar-refractivity contribution is 7.80. The summed E-state index contributed by atoms with van der Waals surface area (Å²) >= 11 is 4.24. The van der Waals surface area contributed by atoms with Crippen LogP contribution in [0.1, 0.15) is 19.8 Å². The molecule has 0 saturated heterocycles. The first-order valence-corrected chi connectivity index (χ1v) is 6.27. The van der Waals surface area contributed by atoms with Gasteiger partial charge in [-0.05, 0) is 30.7 Å². The van der Waals surface area contributed by atoms with Gasteiger partial charge >= 0.3 is 0 Å². The second-order valence-electron chi connectivity index (χ2n) is 3.02. The molecular weight excluding hydrogens is 234 g/mol. The molecule has 0 aromatic heterocycles. The Bertz CT molecular complexity index is 316. The van der Waals surface area contributed by atoms with Crippen molar-refractivity contribution < 1.29 is 8.49 Å². The van der Waals surface area contributed by atoms with Gasteiger partial charge in [0.15, 0.2) is 0 Å². The molecule has 0 aliphatic rings. The highest BCUT2D eigenvalue weighted by Gasteiger charge is 2.03. The monoisotopic (exact) mass is 247 g/mol. The van der Waals surface area contributed by atoms with Gasteiger partial charge in [0.2, 0.25) is 11.1 Å². The van der Waals surface area contributed by atoms with Crippen LogP contribution in [0.5, 0.6) is 0 Å². The van der Waals surface area contributed by atoms with Gasteiger partial charge in [-0.25, -0.2) is 4.21 Å². The van der Waals surface area contributed by atoms with Crippen LogP contribution in [0, 0.1) is 0 Å². The zero-order chi connectivity index (χ0) is 11.1. The summed E-state index contributed by atoms with van der Waals surface area (Å²) in [5.41, 5.74) is 2.67. The predicted molar refractivity (Wildman–Crippen MR) is 61.9 cm³/mol. The van der Waals surface area contributed by atoms with Crippen LogP contribution in [-0.2, 0) is 15.4 Å². The molecule has 1 aromatic rings. The van der Waals surface area contributed by atoms with Crippen LogP contribution in [0.2, 0.25) is 5.02 Å². The molecule has 0 heterocycles. The maximum Gasteiger partial charge on any atom is 0.206 e. The highest BCUT2D eigenvalue weighted by atomic mass is 35.5. The molecule has 1 unspecified atom stereocenters. The average Bonchev–Trinajstić information content (AvgIpc) is 2.25. The Morgan fingerprint density at radius 3 is 2.67 bits per heavy atom. The Labute approximate surface area is 97.4 Å². The van der Waals surface area contributed by atoms with Crippen molar-refractivity contribution in [1.29, 1.82) is 0 Å². The molecule has 84 valence electrons. The molecule has 1 aromatic carbocycles. The Hall–Kier alpha value is -0.420. The number of benzene rings is 1. The van der Waals surface area contributed by atoms with E-state index in [4.69, 9.17) is 15.9 Å². The molecule has 0 amide bonds. The number of unbranched alkanes of at least 4 members (excludes halogenated alkanes) is 1. The lowest BCUT2D eigenvalue weighted by Crippen LogP contribution is -2.17. The topological polar surface area (TPSA) is 38.3 Å². The third-order valence-electron chi connectivity index (χ3n) is 1.77. The van der Waals surface area contributed by atoms with E-state index in [-0.39, 0.29) is 0 Å². The first-order valence-electron chi connectivity index (χ1n) is 4.81. The van der Waals surface area contributed by atoms with E-state index in [2.05, 4.69) is 12.4 Å². The summed E-state index contributed by atoms with van der Waals surface area (Å²) in [7, 11) is 0. The van der Waals surface area contributed by atoms with E-state index in [1.54, 1.807) is 24.3 Å². The van der Waals surface area contributed by atoms with Crippen molar-refractivity contribution in [2.75, 3.05) is 6.54 Å². The van der Waals surface area contributed by atoms with Crippen molar-refractivity contribution in [3.63, 3.8) is 0 Å². The van der Waals surface area contributed by atoms with Gasteiger partial charge in [0.25, 0.3) is 0 Å². The number of nitrogens with one attached hydrogen (secondary N) is 1. The van der Waals surface area contributed by atoms with Gasteiger partial charge in [0.05, 0.1) is 4.90 Å². The van der Waals surface area contributed by atoms with Crippen LogP contribution in [0.4, 0.5) is 0 Å². The van der Waals surface area contributed by atoms with E-state index in [0.717, 1.165) is 12.8 Å². The zero-order valence-electron chi connectivity index (χ0n) is 8.53. The van der Waals surface area contributed by atoms with Crippen molar-refractivity contribution in [1.82, 2.24) is 5.48 Å². The standard InChI is InChI=1S/C10H14ClNO2S/c1-2-3-8-12-14-15(13)10-6-4-9(11)5-7-10/h4-7,12H,2-3,8H2,1H3. The molecule has 0 aliphatic heterocycles. The van der Waals surface area contributed by atoms with E-state index in [1.807, 2.05) is 0 Å². The molecule has 1 rings (SSSR count). The van der Waals surface area contributed by atoms with Crippen molar-refractivity contribution in [2.24, 2.45) is 0 Å². The Balaban J connectivity index is 2.37. The molecule has 0 aliphatic carbocycles. The minimum Gasteiger partial charge on any atom is -0.223 e. The fourth-order valence-electron chi connectivity index (χ4n) is 0.938. The zero-order valence-corrected chi connectivity index (χ0v) is 10.1. The third kappa shape index (κ3) is 4.75. The highest BCUT2D eigenvalue weighted by Crippen LogP contribution is 2.12. The Morgan fingerprint density at radius 2 is 2.07 bits per heavy atom. The van der Waals surface area contributed by atoms with Crippen LogP contribution in [0.15, 0.2) is 29.2 Å². The Kier molecular flexibility index (Phi) is 5.86. The molecule has 5 heteroatoms. The fourth-order valence-corrected chi connectivity index (χ4v) is 1.71. The molecule has 0 saturated carbocycles. The summed E-state index contributed by atoms with van der Waals surface area (Å²) in [5.74, 6) is 0. The summed E-state index contributed by atoms with van der Waals surface area (Å²) in [5, 5.41) is 0.620. The minimum absolute atomic E-state index is 0.600. The maximum atomic E-state index is 11.5. The van der Waals surface area contributed by atoms with Crippen molar-refractivity contribution in [3.05, 3.63) is 29.3 Å². The Morgan fingerprint density at radius 1 is 1.40 bits per heavy atom. The van der Waals surface area contributed by atoms with E-state index < -0.39 is 11.1 Å². The minimum atomic E-state index is -1.46. The summed E-state index contributed by atoms with van der Waals surface area (Å²) in [6.45, 7) is 2.79. The number of rotatable bonds is 6. The lowest BCUT2D eigenvalue weighted by molar-refractivity contribution is 0.219. The molecule has 15 heavy (non-hydrogen) atoms. The van der Waals surface area contributed by atoms with E-state index in [0.29, 0.717) is 16.5 Å². The molecule has 1 atom stereocenters. The van der Waals surface area contributed by atoms with Crippen LogP contribution >= 0.6 is 11.6 Å². The van der Waals surface area contributed by atoms with E-state index >= 15 is 0 Å².